The van der Waals surface area contributed by atoms with Crippen LogP contribution in [-0.2, 0) is 9.59 Å². The van der Waals surface area contributed by atoms with Crippen LogP contribution in [0.25, 0.3) is 0 Å². The Morgan fingerprint density at radius 3 is 2.56 bits per heavy atom. The van der Waals surface area contributed by atoms with Crippen LogP contribution in [0, 0.1) is 0 Å². The summed E-state index contributed by atoms with van der Waals surface area (Å²) >= 11 is 5.68. The lowest BCUT2D eigenvalue weighted by molar-refractivity contribution is -0.122. The van der Waals surface area contributed by atoms with Gasteiger partial charge >= 0.3 is 5.97 Å². The van der Waals surface area contributed by atoms with Crippen LogP contribution in [0.2, 0.25) is 5.02 Å². The van der Waals surface area contributed by atoms with Crippen molar-refractivity contribution in [1.82, 2.24) is 5.32 Å². The monoisotopic (exact) mass is 270 g/mol. The van der Waals surface area contributed by atoms with Gasteiger partial charge in [-0.3, -0.25) is 9.59 Å². The summed E-state index contributed by atoms with van der Waals surface area (Å²) in [5.41, 5.74) is 0.196. The van der Waals surface area contributed by atoms with Crippen molar-refractivity contribution in [2.24, 2.45) is 0 Å². The molecule has 0 bridgehead atoms. The highest BCUT2D eigenvalue weighted by molar-refractivity contribution is 6.33. The number of halogens is 1. The molecule has 1 rings (SSSR count). The number of carboxylic acid groups (broad SMARTS) is 1. The minimum atomic E-state index is -1.18. The van der Waals surface area contributed by atoms with E-state index in [1.165, 1.54) is 25.1 Å². The Balaban J connectivity index is 2.73. The molecule has 18 heavy (non-hydrogen) atoms. The van der Waals surface area contributed by atoms with Crippen LogP contribution in [0.15, 0.2) is 18.2 Å². The van der Waals surface area contributed by atoms with E-state index in [1.54, 1.807) is 0 Å². The largest absolute Gasteiger partial charge is 0.478 e. The average molecular weight is 271 g/mol. The van der Waals surface area contributed by atoms with Crippen molar-refractivity contribution in [3.63, 3.8) is 0 Å². The van der Waals surface area contributed by atoms with Crippen molar-refractivity contribution >= 4 is 35.1 Å². The van der Waals surface area contributed by atoms with Gasteiger partial charge in [0, 0.05) is 12.6 Å². The number of rotatable bonds is 4. The molecular formula is C11H11ClN2O4. The molecule has 0 aliphatic carbocycles. The number of anilines is 1. The van der Waals surface area contributed by atoms with Gasteiger partial charge in [-0.25, -0.2) is 4.79 Å². The van der Waals surface area contributed by atoms with E-state index in [2.05, 4.69) is 10.6 Å². The summed E-state index contributed by atoms with van der Waals surface area (Å²) in [5, 5.41) is 13.7. The number of aromatic carboxylic acids is 1. The van der Waals surface area contributed by atoms with Gasteiger partial charge in [0.05, 0.1) is 17.1 Å². The summed E-state index contributed by atoms with van der Waals surface area (Å²) in [5.74, 6) is -1.96. The number of benzene rings is 1. The molecule has 0 saturated carbocycles. The Hall–Kier alpha value is -2.08. The molecule has 0 saturated heterocycles. The molecule has 0 fully saturated rings. The zero-order valence-electron chi connectivity index (χ0n) is 9.49. The minimum absolute atomic E-state index is 0.0855. The SMILES string of the molecule is CC(=O)NCC(=O)Nc1ccc(Cl)c(C(=O)O)c1. The normalized spacial score (nSPS) is 9.67. The molecule has 7 heteroatoms. The van der Waals surface area contributed by atoms with Crippen LogP contribution in [0.3, 0.4) is 0 Å². The van der Waals surface area contributed by atoms with Gasteiger partial charge in [0.1, 0.15) is 0 Å². The van der Waals surface area contributed by atoms with Crippen LogP contribution < -0.4 is 10.6 Å². The lowest BCUT2D eigenvalue weighted by Gasteiger charge is -2.07. The summed E-state index contributed by atoms with van der Waals surface area (Å²) in [4.78, 5) is 32.8. The Morgan fingerprint density at radius 2 is 2.00 bits per heavy atom. The topological polar surface area (TPSA) is 95.5 Å². The smallest absolute Gasteiger partial charge is 0.337 e. The van der Waals surface area contributed by atoms with E-state index in [1.807, 2.05) is 0 Å². The van der Waals surface area contributed by atoms with Crippen LogP contribution in [0.4, 0.5) is 5.69 Å². The Morgan fingerprint density at radius 1 is 1.33 bits per heavy atom. The molecule has 0 atom stereocenters. The first-order valence-electron chi connectivity index (χ1n) is 4.97. The van der Waals surface area contributed by atoms with E-state index in [4.69, 9.17) is 16.7 Å². The lowest BCUT2D eigenvalue weighted by Crippen LogP contribution is -2.31. The van der Waals surface area contributed by atoms with Crippen molar-refractivity contribution in [3.8, 4) is 0 Å². The van der Waals surface area contributed by atoms with Crippen molar-refractivity contribution in [1.29, 1.82) is 0 Å². The zero-order valence-corrected chi connectivity index (χ0v) is 10.2. The third kappa shape index (κ3) is 4.06. The Bertz CT molecular complexity index is 502. The highest BCUT2D eigenvalue weighted by Gasteiger charge is 2.10. The molecule has 2 amide bonds. The fraction of sp³-hybridized carbons (Fsp3) is 0.182. The predicted octanol–water partition coefficient (Wildman–Crippen LogP) is 1.11. The molecule has 0 unspecified atom stereocenters. The number of amides is 2. The number of hydrogen-bond donors (Lipinski definition) is 3. The fourth-order valence-electron chi connectivity index (χ4n) is 1.18. The van der Waals surface area contributed by atoms with Gasteiger partial charge in [0.15, 0.2) is 0 Å². The van der Waals surface area contributed by atoms with Crippen LogP contribution in [-0.4, -0.2) is 29.4 Å². The van der Waals surface area contributed by atoms with Crippen molar-refractivity contribution in [2.45, 2.75) is 6.92 Å². The van der Waals surface area contributed by atoms with E-state index < -0.39 is 11.9 Å². The maximum absolute atomic E-state index is 11.4. The fourth-order valence-corrected chi connectivity index (χ4v) is 1.38. The Labute approximate surface area is 108 Å². The average Bonchev–Trinajstić information content (AvgIpc) is 2.28. The quantitative estimate of drug-likeness (QED) is 0.764. The van der Waals surface area contributed by atoms with E-state index in [-0.39, 0.29) is 23.0 Å². The summed E-state index contributed by atoms with van der Waals surface area (Å²) in [7, 11) is 0. The minimum Gasteiger partial charge on any atom is -0.478 e. The molecule has 1 aromatic carbocycles. The Kier molecular flexibility index (Phi) is 4.67. The van der Waals surface area contributed by atoms with E-state index in [0.29, 0.717) is 5.69 Å². The second-order valence-electron chi connectivity index (χ2n) is 3.46. The van der Waals surface area contributed by atoms with Crippen molar-refractivity contribution in [2.75, 3.05) is 11.9 Å². The maximum Gasteiger partial charge on any atom is 0.337 e. The molecule has 96 valence electrons. The summed E-state index contributed by atoms with van der Waals surface area (Å²) in [6.45, 7) is 1.11. The second kappa shape index (κ2) is 6.02. The summed E-state index contributed by atoms with van der Waals surface area (Å²) in [6, 6.07) is 4.09. The third-order valence-corrected chi connectivity index (χ3v) is 2.31. The first-order valence-corrected chi connectivity index (χ1v) is 5.35. The van der Waals surface area contributed by atoms with Crippen LogP contribution >= 0.6 is 11.6 Å². The first kappa shape index (κ1) is 14.0. The molecule has 3 N–H and O–H groups in total. The molecule has 1 aromatic rings. The lowest BCUT2D eigenvalue weighted by atomic mass is 10.2. The number of carboxylic acids is 1. The second-order valence-corrected chi connectivity index (χ2v) is 3.86. The standard InChI is InChI=1S/C11H11ClN2O4/c1-6(15)13-5-10(16)14-7-2-3-9(12)8(4-7)11(17)18/h2-4H,5H2,1H3,(H,13,15)(H,14,16)(H,17,18). The molecular weight excluding hydrogens is 260 g/mol. The van der Waals surface area contributed by atoms with Crippen molar-refractivity contribution in [3.05, 3.63) is 28.8 Å². The summed E-state index contributed by atoms with van der Waals surface area (Å²) < 4.78 is 0. The molecule has 0 aromatic heterocycles. The van der Waals surface area contributed by atoms with E-state index in [0.717, 1.165) is 0 Å². The van der Waals surface area contributed by atoms with Gasteiger partial charge in [0.2, 0.25) is 11.8 Å². The molecule has 0 aliphatic heterocycles. The highest BCUT2D eigenvalue weighted by Crippen LogP contribution is 2.20. The highest BCUT2D eigenvalue weighted by atomic mass is 35.5. The van der Waals surface area contributed by atoms with Gasteiger partial charge in [-0.15, -0.1) is 0 Å². The first-order chi connectivity index (χ1) is 8.40. The zero-order chi connectivity index (χ0) is 13.7. The number of nitrogens with one attached hydrogen (secondary N) is 2. The molecule has 0 spiro atoms. The third-order valence-electron chi connectivity index (χ3n) is 1.98. The molecule has 0 radical (unpaired) electrons. The number of hydrogen-bond acceptors (Lipinski definition) is 3. The van der Waals surface area contributed by atoms with E-state index in [9.17, 15) is 14.4 Å². The van der Waals surface area contributed by atoms with Gasteiger partial charge in [-0.2, -0.15) is 0 Å². The molecule has 0 heterocycles. The van der Waals surface area contributed by atoms with Crippen LogP contribution in [0.5, 0.6) is 0 Å². The maximum atomic E-state index is 11.4. The molecule has 0 aliphatic rings. The predicted molar refractivity (Wildman–Crippen MR) is 65.7 cm³/mol. The number of carbonyl (C=O) groups excluding carboxylic acids is 2. The van der Waals surface area contributed by atoms with Gasteiger partial charge < -0.3 is 15.7 Å². The summed E-state index contributed by atoms with van der Waals surface area (Å²) in [6.07, 6.45) is 0. The van der Waals surface area contributed by atoms with Gasteiger partial charge in [-0.1, -0.05) is 11.6 Å². The van der Waals surface area contributed by atoms with E-state index >= 15 is 0 Å². The number of carbonyl (C=O) groups is 3. The van der Waals surface area contributed by atoms with Crippen LogP contribution in [0.1, 0.15) is 17.3 Å². The van der Waals surface area contributed by atoms with Crippen molar-refractivity contribution < 1.29 is 19.5 Å². The van der Waals surface area contributed by atoms with Gasteiger partial charge in [0.25, 0.3) is 0 Å². The van der Waals surface area contributed by atoms with Gasteiger partial charge in [-0.05, 0) is 18.2 Å². The molecule has 6 nitrogen and oxygen atoms in total.